The quantitative estimate of drug-likeness (QED) is 0.763. The molecule has 0 saturated carbocycles. The van der Waals surface area contributed by atoms with Gasteiger partial charge in [-0.2, -0.15) is 0 Å². The van der Waals surface area contributed by atoms with Crippen LogP contribution in [-0.2, 0) is 14.3 Å². The zero-order chi connectivity index (χ0) is 14.5. The van der Waals surface area contributed by atoms with Crippen molar-refractivity contribution < 1.29 is 14.3 Å². The average molecular weight is 282 g/mol. The molecule has 0 radical (unpaired) electrons. The van der Waals surface area contributed by atoms with Gasteiger partial charge in [0.1, 0.15) is 0 Å². The zero-order valence-corrected chi connectivity index (χ0v) is 12.6. The predicted octanol–water partition coefficient (Wildman–Crippen LogP) is 1.27. The lowest BCUT2D eigenvalue weighted by molar-refractivity contribution is -0.139. The van der Waals surface area contributed by atoms with Gasteiger partial charge in [-0.25, -0.2) is 0 Å². The Balaban J connectivity index is 1.94. The van der Waals surface area contributed by atoms with Gasteiger partial charge in [0.05, 0.1) is 12.5 Å². The molecule has 0 aromatic rings. The van der Waals surface area contributed by atoms with E-state index in [2.05, 4.69) is 6.92 Å². The first-order valence-corrected chi connectivity index (χ1v) is 7.74. The van der Waals surface area contributed by atoms with Crippen molar-refractivity contribution in [2.24, 2.45) is 5.92 Å². The molecular formula is C15H26N2O3. The fourth-order valence-corrected chi connectivity index (χ4v) is 3.30. The van der Waals surface area contributed by atoms with Crippen molar-refractivity contribution in [2.45, 2.75) is 45.1 Å². The summed E-state index contributed by atoms with van der Waals surface area (Å²) in [5, 5.41) is 0. The van der Waals surface area contributed by atoms with Crippen LogP contribution in [0.5, 0.6) is 0 Å². The summed E-state index contributed by atoms with van der Waals surface area (Å²) >= 11 is 0. The van der Waals surface area contributed by atoms with Crippen molar-refractivity contribution in [2.75, 3.05) is 33.4 Å². The Morgan fingerprint density at radius 2 is 2.20 bits per heavy atom. The van der Waals surface area contributed by atoms with Crippen molar-refractivity contribution in [3.05, 3.63) is 0 Å². The van der Waals surface area contributed by atoms with E-state index in [0.29, 0.717) is 32.2 Å². The smallest absolute Gasteiger partial charge is 0.228 e. The molecule has 2 saturated heterocycles. The molecule has 2 aliphatic rings. The molecule has 5 heteroatoms. The van der Waals surface area contributed by atoms with Gasteiger partial charge in [-0.3, -0.25) is 9.59 Å². The topological polar surface area (TPSA) is 49.9 Å². The van der Waals surface area contributed by atoms with Crippen LogP contribution >= 0.6 is 0 Å². The van der Waals surface area contributed by atoms with Crippen LogP contribution in [0.4, 0.5) is 0 Å². The van der Waals surface area contributed by atoms with Gasteiger partial charge in [0.25, 0.3) is 0 Å². The summed E-state index contributed by atoms with van der Waals surface area (Å²) in [4.78, 5) is 28.4. The highest BCUT2D eigenvalue weighted by atomic mass is 16.5. The van der Waals surface area contributed by atoms with E-state index in [9.17, 15) is 9.59 Å². The molecule has 114 valence electrons. The van der Waals surface area contributed by atoms with Crippen LogP contribution in [0.15, 0.2) is 0 Å². The van der Waals surface area contributed by atoms with Crippen LogP contribution in [0.3, 0.4) is 0 Å². The molecule has 2 rings (SSSR count). The van der Waals surface area contributed by atoms with Crippen molar-refractivity contribution in [3.8, 4) is 0 Å². The number of carbonyl (C=O) groups is 2. The SMILES string of the molecule is CCC1CCCCN1C(=O)C1CC(=O)N(CCOC)C1. The fourth-order valence-electron chi connectivity index (χ4n) is 3.30. The first-order chi connectivity index (χ1) is 9.67. The number of rotatable bonds is 5. The highest BCUT2D eigenvalue weighted by Gasteiger charge is 2.38. The van der Waals surface area contributed by atoms with Gasteiger partial charge in [-0.05, 0) is 25.7 Å². The third kappa shape index (κ3) is 3.32. The molecule has 5 nitrogen and oxygen atoms in total. The van der Waals surface area contributed by atoms with E-state index in [-0.39, 0.29) is 17.7 Å². The highest BCUT2D eigenvalue weighted by Crippen LogP contribution is 2.26. The molecule has 2 unspecified atom stereocenters. The van der Waals surface area contributed by atoms with E-state index in [1.165, 1.54) is 6.42 Å². The molecule has 2 heterocycles. The first kappa shape index (κ1) is 15.3. The Morgan fingerprint density at radius 1 is 1.40 bits per heavy atom. The largest absolute Gasteiger partial charge is 0.383 e. The van der Waals surface area contributed by atoms with Crippen LogP contribution in [0.25, 0.3) is 0 Å². The molecule has 2 amide bonds. The van der Waals surface area contributed by atoms with Gasteiger partial charge in [0, 0.05) is 39.2 Å². The lowest BCUT2D eigenvalue weighted by Crippen LogP contribution is -2.46. The lowest BCUT2D eigenvalue weighted by Gasteiger charge is -2.36. The summed E-state index contributed by atoms with van der Waals surface area (Å²) in [5.74, 6) is 0.127. The van der Waals surface area contributed by atoms with Crippen molar-refractivity contribution in [1.29, 1.82) is 0 Å². The summed E-state index contributed by atoms with van der Waals surface area (Å²) < 4.78 is 5.01. The molecular weight excluding hydrogens is 256 g/mol. The lowest BCUT2D eigenvalue weighted by atomic mass is 9.97. The maximum absolute atomic E-state index is 12.7. The number of hydrogen-bond donors (Lipinski definition) is 0. The number of hydrogen-bond acceptors (Lipinski definition) is 3. The van der Waals surface area contributed by atoms with E-state index in [1.807, 2.05) is 4.90 Å². The Hall–Kier alpha value is -1.10. The van der Waals surface area contributed by atoms with E-state index >= 15 is 0 Å². The minimum absolute atomic E-state index is 0.0884. The molecule has 0 spiro atoms. The van der Waals surface area contributed by atoms with Gasteiger partial charge in [0.15, 0.2) is 0 Å². The van der Waals surface area contributed by atoms with Gasteiger partial charge in [-0.15, -0.1) is 0 Å². The molecule has 2 fully saturated rings. The van der Waals surface area contributed by atoms with Gasteiger partial charge < -0.3 is 14.5 Å². The second kappa shape index (κ2) is 7.07. The summed E-state index contributed by atoms with van der Waals surface area (Å²) in [6, 6.07) is 0.374. The summed E-state index contributed by atoms with van der Waals surface area (Å²) in [7, 11) is 1.63. The van der Waals surface area contributed by atoms with Crippen LogP contribution in [0.2, 0.25) is 0 Å². The summed E-state index contributed by atoms with van der Waals surface area (Å²) in [6.45, 7) is 4.69. The first-order valence-electron chi connectivity index (χ1n) is 7.74. The minimum atomic E-state index is -0.147. The van der Waals surface area contributed by atoms with Crippen molar-refractivity contribution in [3.63, 3.8) is 0 Å². The average Bonchev–Trinajstić information content (AvgIpc) is 2.85. The Morgan fingerprint density at radius 3 is 2.90 bits per heavy atom. The maximum Gasteiger partial charge on any atom is 0.228 e. The number of nitrogens with zero attached hydrogens (tertiary/aromatic N) is 2. The van der Waals surface area contributed by atoms with Gasteiger partial charge in [0.2, 0.25) is 11.8 Å². The number of piperidine rings is 1. The van der Waals surface area contributed by atoms with E-state index in [1.54, 1.807) is 12.0 Å². The third-order valence-electron chi connectivity index (χ3n) is 4.51. The maximum atomic E-state index is 12.7. The molecule has 0 N–H and O–H groups in total. The normalized spacial score (nSPS) is 27.2. The van der Waals surface area contributed by atoms with E-state index in [4.69, 9.17) is 4.74 Å². The third-order valence-corrected chi connectivity index (χ3v) is 4.51. The molecule has 2 aliphatic heterocycles. The molecule has 0 aromatic heterocycles. The van der Waals surface area contributed by atoms with Crippen molar-refractivity contribution in [1.82, 2.24) is 9.80 Å². The Bertz CT molecular complexity index is 359. The predicted molar refractivity (Wildman–Crippen MR) is 76.2 cm³/mol. The molecule has 0 aliphatic carbocycles. The zero-order valence-electron chi connectivity index (χ0n) is 12.6. The van der Waals surface area contributed by atoms with E-state index in [0.717, 1.165) is 25.8 Å². The molecule has 0 aromatic carbocycles. The van der Waals surface area contributed by atoms with Crippen LogP contribution in [-0.4, -0.2) is 61.0 Å². The number of carbonyl (C=O) groups excluding carboxylic acids is 2. The Labute approximate surface area is 121 Å². The molecule has 20 heavy (non-hydrogen) atoms. The standard InChI is InChI=1S/C15H26N2O3/c1-3-13-6-4-5-7-17(13)15(19)12-10-14(18)16(11-12)8-9-20-2/h12-13H,3-11H2,1-2H3. The minimum Gasteiger partial charge on any atom is -0.383 e. The number of likely N-dealkylation sites (tertiary alicyclic amines) is 2. The number of amides is 2. The van der Waals surface area contributed by atoms with Gasteiger partial charge in [-0.1, -0.05) is 6.92 Å². The van der Waals surface area contributed by atoms with Crippen LogP contribution in [0.1, 0.15) is 39.0 Å². The highest BCUT2D eigenvalue weighted by molar-refractivity contribution is 5.89. The molecule has 0 bridgehead atoms. The summed E-state index contributed by atoms with van der Waals surface area (Å²) in [5.41, 5.74) is 0. The van der Waals surface area contributed by atoms with Crippen molar-refractivity contribution >= 4 is 11.8 Å². The summed E-state index contributed by atoms with van der Waals surface area (Å²) in [6.07, 6.45) is 4.80. The Kier molecular flexibility index (Phi) is 5.40. The molecule has 2 atom stereocenters. The second-order valence-corrected chi connectivity index (χ2v) is 5.82. The van der Waals surface area contributed by atoms with Gasteiger partial charge >= 0.3 is 0 Å². The fraction of sp³-hybridized carbons (Fsp3) is 0.867. The monoisotopic (exact) mass is 282 g/mol. The number of methoxy groups -OCH3 is 1. The number of ether oxygens (including phenoxy) is 1. The van der Waals surface area contributed by atoms with Crippen LogP contribution < -0.4 is 0 Å². The van der Waals surface area contributed by atoms with Crippen LogP contribution in [0, 0.1) is 5.92 Å². The van der Waals surface area contributed by atoms with E-state index < -0.39 is 0 Å². The second-order valence-electron chi connectivity index (χ2n) is 5.82.